The standard InChI is InChI=1S/C14H25NS/c1-3-5-7-8-10-13(9-6-4-2)14-15-11-12-16-14/h11-13H,3-10H2,1-2H3. The molecule has 2 heteroatoms. The summed E-state index contributed by atoms with van der Waals surface area (Å²) >= 11 is 1.83. The summed E-state index contributed by atoms with van der Waals surface area (Å²) in [6, 6.07) is 0. The van der Waals surface area contributed by atoms with Crippen LogP contribution in [0.4, 0.5) is 0 Å². The lowest BCUT2D eigenvalue weighted by atomic mass is 9.96. The topological polar surface area (TPSA) is 12.9 Å². The second-order valence-corrected chi connectivity index (χ2v) is 5.48. The molecule has 1 rings (SSSR count). The molecule has 0 spiro atoms. The molecule has 0 saturated carbocycles. The number of hydrogen-bond donors (Lipinski definition) is 0. The number of unbranched alkanes of at least 4 members (excludes halogenated alkanes) is 4. The van der Waals surface area contributed by atoms with Crippen LogP contribution < -0.4 is 0 Å². The Balaban J connectivity index is 2.32. The fourth-order valence-electron chi connectivity index (χ4n) is 2.10. The second kappa shape index (κ2) is 8.74. The van der Waals surface area contributed by atoms with Gasteiger partial charge in [-0.1, -0.05) is 52.4 Å². The Morgan fingerprint density at radius 2 is 1.81 bits per heavy atom. The summed E-state index contributed by atoms with van der Waals surface area (Å²) in [5, 5.41) is 3.48. The highest BCUT2D eigenvalue weighted by molar-refractivity contribution is 7.09. The number of nitrogens with zero attached hydrogens (tertiary/aromatic N) is 1. The normalized spacial score (nSPS) is 12.9. The largest absolute Gasteiger partial charge is 0.249 e. The van der Waals surface area contributed by atoms with Gasteiger partial charge in [0.2, 0.25) is 0 Å². The van der Waals surface area contributed by atoms with Gasteiger partial charge in [0.25, 0.3) is 0 Å². The number of thiazole rings is 1. The molecule has 0 bridgehead atoms. The van der Waals surface area contributed by atoms with Crippen molar-refractivity contribution < 1.29 is 0 Å². The molecule has 0 aliphatic rings. The van der Waals surface area contributed by atoms with Crippen LogP contribution in [0.1, 0.15) is 76.1 Å². The first-order valence-electron chi connectivity index (χ1n) is 6.77. The Bertz CT molecular complexity index is 243. The van der Waals surface area contributed by atoms with Gasteiger partial charge in [-0.15, -0.1) is 11.3 Å². The van der Waals surface area contributed by atoms with Gasteiger partial charge in [-0.25, -0.2) is 4.98 Å². The van der Waals surface area contributed by atoms with E-state index < -0.39 is 0 Å². The van der Waals surface area contributed by atoms with Crippen LogP contribution in [0.15, 0.2) is 11.6 Å². The van der Waals surface area contributed by atoms with E-state index in [1.807, 2.05) is 17.5 Å². The van der Waals surface area contributed by atoms with Crippen LogP contribution in [0.2, 0.25) is 0 Å². The molecule has 0 radical (unpaired) electrons. The van der Waals surface area contributed by atoms with Crippen LogP contribution in [0.25, 0.3) is 0 Å². The van der Waals surface area contributed by atoms with Crippen molar-refractivity contribution in [2.75, 3.05) is 0 Å². The van der Waals surface area contributed by atoms with E-state index in [9.17, 15) is 0 Å². The monoisotopic (exact) mass is 239 g/mol. The summed E-state index contributed by atoms with van der Waals surface area (Å²) in [5.74, 6) is 0.733. The summed E-state index contributed by atoms with van der Waals surface area (Å²) in [6.07, 6.45) is 12.8. The van der Waals surface area contributed by atoms with E-state index in [0.717, 1.165) is 5.92 Å². The Morgan fingerprint density at radius 1 is 1.06 bits per heavy atom. The zero-order valence-electron chi connectivity index (χ0n) is 10.7. The van der Waals surface area contributed by atoms with Gasteiger partial charge in [0, 0.05) is 17.5 Å². The predicted molar refractivity (Wildman–Crippen MR) is 73.1 cm³/mol. The average Bonchev–Trinajstić information content (AvgIpc) is 2.82. The van der Waals surface area contributed by atoms with Crippen LogP contribution in [0, 0.1) is 0 Å². The maximum Gasteiger partial charge on any atom is 0.0955 e. The molecule has 1 nitrogen and oxygen atoms in total. The summed E-state index contributed by atoms with van der Waals surface area (Å²) in [7, 11) is 0. The third-order valence-electron chi connectivity index (χ3n) is 3.11. The summed E-state index contributed by atoms with van der Waals surface area (Å²) in [4.78, 5) is 4.49. The SMILES string of the molecule is CCCCCCC(CCCC)c1nccs1. The third kappa shape index (κ3) is 5.11. The Kier molecular flexibility index (Phi) is 7.48. The lowest BCUT2D eigenvalue weighted by Crippen LogP contribution is -1.98. The Labute approximate surface area is 104 Å². The van der Waals surface area contributed by atoms with Crippen LogP contribution in [0.5, 0.6) is 0 Å². The molecule has 16 heavy (non-hydrogen) atoms. The first-order chi connectivity index (χ1) is 7.88. The minimum Gasteiger partial charge on any atom is -0.249 e. The molecule has 1 aromatic heterocycles. The fourth-order valence-corrected chi connectivity index (χ4v) is 2.91. The molecule has 1 aromatic rings. The van der Waals surface area contributed by atoms with Crippen molar-refractivity contribution >= 4 is 11.3 Å². The lowest BCUT2D eigenvalue weighted by molar-refractivity contribution is 0.507. The molecule has 1 atom stereocenters. The first-order valence-corrected chi connectivity index (χ1v) is 7.65. The smallest absolute Gasteiger partial charge is 0.0955 e. The van der Waals surface area contributed by atoms with Gasteiger partial charge in [-0.05, 0) is 12.8 Å². The van der Waals surface area contributed by atoms with Gasteiger partial charge in [0.15, 0.2) is 0 Å². The van der Waals surface area contributed by atoms with Gasteiger partial charge in [0.05, 0.1) is 5.01 Å². The van der Waals surface area contributed by atoms with Gasteiger partial charge >= 0.3 is 0 Å². The van der Waals surface area contributed by atoms with Crippen molar-refractivity contribution in [3.05, 3.63) is 16.6 Å². The van der Waals surface area contributed by atoms with E-state index in [1.54, 1.807) is 0 Å². The van der Waals surface area contributed by atoms with Crippen molar-refractivity contribution in [3.63, 3.8) is 0 Å². The van der Waals surface area contributed by atoms with E-state index in [-0.39, 0.29) is 0 Å². The van der Waals surface area contributed by atoms with E-state index >= 15 is 0 Å². The molecule has 0 saturated heterocycles. The van der Waals surface area contributed by atoms with Gasteiger partial charge in [0.1, 0.15) is 0 Å². The molecule has 0 fully saturated rings. The Morgan fingerprint density at radius 3 is 2.44 bits per heavy atom. The van der Waals surface area contributed by atoms with Crippen LogP contribution in [0.3, 0.4) is 0 Å². The maximum atomic E-state index is 4.49. The Hall–Kier alpha value is -0.370. The zero-order chi connectivity index (χ0) is 11.6. The van der Waals surface area contributed by atoms with Crippen molar-refractivity contribution in [1.82, 2.24) is 4.98 Å². The average molecular weight is 239 g/mol. The maximum absolute atomic E-state index is 4.49. The van der Waals surface area contributed by atoms with Crippen molar-refractivity contribution in [3.8, 4) is 0 Å². The highest BCUT2D eigenvalue weighted by Crippen LogP contribution is 2.29. The molecule has 1 unspecified atom stereocenters. The van der Waals surface area contributed by atoms with Crippen molar-refractivity contribution in [2.24, 2.45) is 0 Å². The fraction of sp³-hybridized carbons (Fsp3) is 0.786. The van der Waals surface area contributed by atoms with Crippen LogP contribution >= 0.6 is 11.3 Å². The first kappa shape index (κ1) is 13.7. The lowest BCUT2D eigenvalue weighted by Gasteiger charge is -2.13. The quantitative estimate of drug-likeness (QED) is 0.527. The number of aromatic nitrogens is 1. The molecule has 0 amide bonds. The van der Waals surface area contributed by atoms with E-state index in [0.29, 0.717) is 0 Å². The zero-order valence-corrected chi connectivity index (χ0v) is 11.6. The summed E-state index contributed by atoms with van der Waals surface area (Å²) in [6.45, 7) is 4.55. The third-order valence-corrected chi connectivity index (χ3v) is 4.05. The minimum atomic E-state index is 0.733. The molecule has 92 valence electrons. The minimum absolute atomic E-state index is 0.733. The molecule has 0 aromatic carbocycles. The molecule has 0 aliphatic heterocycles. The van der Waals surface area contributed by atoms with E-state index in [1.165, 1.54) is 56.4 Å². The van der Waals surface area contributed by atoms with Gasteiger partial charge in [-0.2, -0.15) is 0 Å². The van der Waals surface area contributed by atoms with Gasteiger partial charge in [-0.3, -0.25) is 0 Å². The molecule has 0 aliphatic carbocycles. The molecule has 0 N–H and O–H groups in total. The molecular formula is C14H25NS. The summed E-state index contributed by atoms with van der Waals surface area (Å²) in [5.41, 5.74) is 0. The van der Waals surface area contributed by atoms with Gasteiger partial charge < -0.3 is 0 Å². The highest BCUT2D eigenvalue weighted by atomic mass is 32.1. The highest BCUT2D eigenvalue weighted by Gasteiger charge is 2.12. The van der Waals surface area contributed by atoms with Crippen molar-refractivity contribution in [1.29, 1.82) is 0 Å². The summed E-state index contributed by atoms with van der Waals surface area (Å²) < 4.78 is 0. The van der Waals surface area contributed by atoms with Crippen LogP contribution in [-0.2, 0) is 0 Å². The van der Waals surface area contributed by atoms with E-state index in [2.05, 4.69) is 24.2 Å². The number of rotatable bonds is 9. The number of hydrogen-bond acceptors (Lipinski definition) is 2. The molecule has 1 heterocycles. The second-order valence-electron chi connectivity index (χ2n) is 4.56. The predicted octanol–water partition coefficient (Wildman–Crippen LogP) is 5.39. The van der Waals surface area contributed by atoms with E-state index in [4.69, 9.17) is 0 Å². The van der Waals surface area contributed by atoms with Crippen molar-refractivity contribution in [2.45, 2.75) is 71.1 Å². The molecular weight excluding hydrogens is 214 g/mol. The van der Waals surface area contributed by atoms with Crippen LogP contribution in [-0.4, -0.2) is 4.98 Å².